The van der Waals surface area contributed by atoms with Crippen molar-refractivity contribution in [2.75, 3.05) is 38.0 Å². The molecule has 1 aromatic heterocycles. The molecule has 1 N–H and O–H groups in total. The first-order chi connectivity index (χ1) is 10.2. The van der Waals surface area contributed by atoms with Crippen molar-refractivity contribution in [1.82, 2.24) is 19.8 Å². The summed E-state index contributed by atoms with van der Waals surface area (Å²) in [5, 5.41) is 3.09. The van der Waals surface area contributed by atoms with Gasteiger partial charge in [-0.05, 0) is 26.4 Å². The van der Waals surface area contributed by atoms with E-state index in [2.05, 4.69) is 34.0 Å². The molecule has 6 nitrogen and oxygen atoms in total. The summed E-state index contributed by atoms with van der Waals surface area (Å²) in [4.78, 5) is 25.3. The zero-order valence-corrected chi connectivity index (χ0v) is 13.2. The highest BCUT2D eigenvalue weighted by Crippen LogP contribution is 2.17. The number of likely N-dealkylation sites (tertiary alicyclic amines) is 1. The zero-order chi connectivity index (χ0) is 15.2. The normalized spacial score (nSPS) is 18.3. The van der Waals surface area contributed by atoms with Crippen molar-refractivity contribution in [3.63, 3.8) is 0 Å². The third-order valence-corrected chi connectivity index (χ3v) is 3.99. The van der Waals surface area contributed by atoms with Gasteiger partial charge in [0.05, 0.1) is 12.4 Å². The Morgan fingerprint density at radius 2 is 2.14 bits per heavy atom. The predicted octanol–water partition coefficient (Wildman–Crippen LogP) is 1.46. The molecule has 1 aromatic rings. The van der Waals surface area contributed by atoms with Crippen molar-refractivity contribution < 1.29 is 4.79 Å². The molecule has 0 saturated carbocycles. The lowest BCUT2D eigenvalue weighted by Gasteiger charge is -2.26. The van der Waals surface area contributed by atoms with Crippen molar-refractivity contribution in [2.45, 2.75) is 33.2 Å². The minimum Gasteiger partial charge on any atom is -0.369 e. The molecule has 6 heteroatoms. The topological polar surface area (TPSA) is 61.4 Å². The molecule has 0 aliphatic carbocycles. The van der Waals surface area contributed by atoms with Crippen LogP contribution in [0.1, 0.15) is 37.7 Å². The summed E-state index contributed by atoms with van der Waals surface area (Å²) in [6.07, 6.45) is 4.23. The monoisotopic (exact) mass is 291 g/mol. The van der Waals surface area contributed by atoms with Gasteiger partial charge in [0.25, 0.3) is 5.91 Å². The number of aromatic nitrogens is 2. The average molecular weight is 291 g/mol. The van der Waals surface area contributed by atoms with Crippen LogP contribution in [0.15, 0.2) is 12.4 Å². The molecule has 21 heavy (non-hydrogen) atoms. The van der Waals surface area contributed by atoms with E-state index in [0.717, 1.165) is 39.1 Å². The second-order valence-electron chi connectivity index (χ2n) is 5.23. The number of amides is 1. The van der Waals surface area contributed by atoms with E-state index in [9.17, 15) is 4.79 Å². The number of carbonyl (C=O) groups excluding carboxylic acids is 1. The summed E-state index contributed by atoms with van der Waals surface area (Å²) >= 11 is 0. The van der Waals surface area contributed by atoms with Crippen LogP contribution in [0.4, 0.5) is 5.82 Å². The molecular formula is C15H25N5O. The number of likely N-dealkylation sites (N-methyl/N-ethyl adjacent to an activating group) is 1. The maximum absolute atomic E-state index is 12.5. The number of rotatable bonds is 6. The molecule has 0 spiro atoms. The van der Waals surface area contributed by atoms with Gasteiger partial charge in [0, 0.05) is 25.7 Å². The van der Waals surface area contributed by atoms with Gasteiger partial charge in [0.15, 0.2) is 0 Å². The number of hydrogen-bond donors (Lipinski definition) is 1. The first-order valence-corrected chi connectivity index (χ1v) is 7.78. The van der Waals surface area contributed by atoms with Crippen molar-refractivity contribution in [3.05, 3.63) is 18.1 Å². The molecule has 0 bridgehead atoms. The Morgan fingerprint density at radius 1 is 1.38 bits per heavy atom. The molecular weight excluding hydrogens is 266 g/mol. The van der Waals surface area contributed by atoms with Crippen LogP contribution in [0.3, 0.4) is 0 Å². The summed E-state index contributed by atoms with van der Waals surface area (Å²) < 4.78 is 0. The molecule has 0 aromatic carbocycles. The van der Waals surface area contributed by atoms with Gasteiger partial charge in [-0.1, -0.05) is 13.8 Å². The summed E-state index contributed by atoms with van der Waals surface area (Å²) in [6.45, 7) is 10.7. The van der Waals surface area contributed by atoms with Crippen molar-refractivity contribution >= 4 is 11.7 Å². The van der Waals surface area contributed by atoms with Crippen LogP contribution in [0, 0.1) is 0 Å². The molecule has 1 amide bonds. The average Bonchev–Trinajstić information content (AvgIpc) is 2.98. The van der Waals surface area contributed by atoms with Gasteiger partial charge in [-0.2, -0.15) is 0 Å². The fourth-order valence-corrected chi connectivity index (χ4v) is 2.86. The number of carbonyl (C=O) groups is 1. The summed E-state index contributed by atoms with van der Waals surface area (Å²) in [6, 6.07) is 0.467. The first kappa shape index (κ1) is 15.7. The number of hydrogen-bond acceptors (Lipinski definition) is 5. The minimum atomic E-state index is -0.0168. The molecule has 0 radical (unpaired) electrons. The lowest BCUT2D eigenvalue weighted by molar-refractivity contribution is 0.0772. The lowest BCUT2D eigenvalue weighted by Crippen LogP contribution is -2.38. The fourth-order valence-electron chi connectivity index (χ4n) is 2.86. The molecule has 116 valence electrons. The quantitative estimate of drug-likeness (QED) is 0.860. The second kappa shape index (κ2) is 7.36. The molecule has 1 fully saturated rings. The third kappa shape index (κ3) is 3.69. The summed E-state index contributed by atoms with van der Waals surface area (Å²) in [5.41, 5.74) is 0.425. The van der Waals surface area contributed by atoms with Crippen LogP contribution >= 0.6 is 0 Å². The van der Waals surface area contributed by atoms with Crippen molar-refractivity contribution in [2.24, 2.45) is 0 Å². The van der Waals surface area contributed by atoms with Gasteiger partial charge in [-0.3, -0.25) is 14.7 Å². The van der Waals surface area contributed by atoms with Gasteiger partial charge in [0.2, 0.25) is 0 Å². The number of anilines is 1. The molecule has 1 aliphatic rings. The Balaban J connectivity index is 2.02. The van der Waals surface area contributed by atoms with E-state index in [-0.39, 0.29) is 5.91 Å². The molecule has 1 atom stereocenters. The van der Waals surface area contributed by atoms with Crippen molar-refractivity contribution in [3.8, 4) is 0 Å². The second-order valence-corrected chi connectivity index (χ2v) is 5.23. The van der Waals surface area contributed by atoms with E-state index in [1.807, 2.05) is 11.8 Å². The summed E-state index contributed by atoms with van der Waals surface area (Å²) in [5.74, 6) is 0.639. The van der Waals surface area contributed by atoms with Gasteiger partial charge in [-0.25, -0.2) is 4.98 Å². The van der Waals surface area contributed by atoms with Crippen LogP contribution in [-0.4, -0.2) is 64.4 Å². The fraction of sp³-hybridized carbons (Fsp3) is 0.667. The van der Waals surface area contributed by atoms with Crippen LogP contribution in [0.25, 0.3) is 0 Å². The van der Waals surface area contributed by atoms with Crippen molar-refractivity contribution in [1.29, 1.82) is 0 Å². The van der Waals surface area contributed by atoms with Gasteiger partial charge in [-0.15, -0.1) is 0 Å². The molecule has 1 aliphatic heterocycles. The Labute approximate surface area is 126 Å². The first-order valence-electron chi connectivity index (χ1n) is 7.78. The Morgan fingerprint density at radius 3 is 2.81 bits per heavy atom. The predicted molar refractivity (Wildman–Crippen MR) is 83.4 cm³/mol. The van der Waals surface area contributed by atoms with Crippen LogP contribution in [-0.2, 0) is 0 Å². The maximum Gasteiger partial charge on any atom is 0.274 e. The Hall–Kier alpha value is -1.69. The standard InChI is InChI=1S/C15H25N5O/c1-4-17-14-10-16-9-13(18-14)15(21)20-8-7-12(11-20)19(5-2)6-3/h9-10,12H,4-8,11H2,1-3H3,(H,17,18). The van der Waals surface area contributed by atoms with E-state index in [1.165, 1.54) is 0 Å². The largest absolute Gasteiger partial charge is 0.369 e. The van der Waals surface area contributed by atoms with Crippen LogP contribution in [0.5, 0.6) is 0 Å². The number of nitrogens with one attached hydrogen (secondary N) is 1. The molecule has 1 saturated heterocycles. The molecule has 1 unspecified atom stereocenters. The minimum absolute atomic E-state index is 0.0168. The van der Waals surface area contributed by atoms with Crippen LogP contribution in [0.2, 0.25) is 0 Å². The number of nitrogens with zero attached hydrogens (tertiary/aromatic N) is 4. The van der Waals surface area contributed by atoms with E-state index in [0.29, 0.717) is 17.6 Å². The van der Waals surface area contributed by atoms with Gasteiger partial charge in [0.1, 0.15) is 11.5 Å². The van der Waals surface area contributed by atoms with Crippen LogP contribution < -0.4 is 5.32 Å². The van der Waals surface area contributed by atoms with Gasteiger partial charge < -0.3 is 10.2 Å². The summed E-state index contributed by atoms with van der Waals surface area (Å²) in [7, 11) is 0. The highest BCUT2D eigenvalue weighted by molar-refractivity contribution is 5.92. The third-order valence-electron chi connectivity index (χ3n) is 3.99. The molecule has 2 heterocycles. The van der Waals surface area contributed by atoms with E-state index in [4.69, 9.17) is 0 Å². The maximum atomic E-state index is 12.5. The highest BCUT2D eigenvalue weighted by Gasteiger charge is 2.30. The zero-order valence-electron chi connectivity index (χ0n) is 13.2. The lowest BCUT2D eigenvalue weighted by atomic mass is 10.2. The van der Waals surface area contributed by atoms with E-state index in [1.54, 1.807) is 12.4 Å². The Bertz CT molecular complexity index is 475. The SMILES string of the molecule is CCNc1cncc(C(=O)N2CCC(N(CC)CC)C2)n1. The van der Waals surface area contributed by atoms with E-state index < -0.39 is 0 Å². The van der Waals surface area contributed by atoms with Gasteiger partial charge >= 0.3 is 0 Å². The highest BCUT2D eigenvalue weighted by atomic mass is 16.2. The smallest absolute Gasteiger partial charge is 0.274 e. The molecule has 2 rings (SSSR count). The van der Waals surface area contributed by atoms with E-state index >= 15 is 0 Å². The Kier molecular flexibility index (Phi) is 5.50.